The van der Waals surface area contributed by atoms with Crippen molar-refractivity contribution in [2.75, 3.05) is 5.32 Å². The fourth-order valence-corrected chi connectivity index (χ4v) is 3.53. The van der Waals surface area contributed by atoms with Crippen LogP contribution in [0.5, 0.6) is 5.75 Å². The van der Waals surface area contributed by atoms with Gasteiger partial charge in [-0.05, 0) is 73.9 Å². The summed E-state index contributed by atoms with van der Waals surface area (Å²) in [5.41, 5.74) is 5.59. The second-order valence-electron chi connectivity index (χ2n) is 6.65. The zero-order valence-electron chi connectivity index (χ0n) is 15.7. The van der Waals surface area contributed by atoms with Gasteiger partial charge in [0.2, 0.25) is 0 Å². The third kappa shape index (κ3) is 4.89. The molecule has 0 saturated heterocycles. The number of rotatable bonds is 6. The summed E-state index contributed by atoms with van der Waals surface area (Å²) in [6.07, 6.45) is 0. The topological polar surface area (TPSA) is 55.4 Å². The Morgan fingerprint density at radius 1 is 0.815 bits per heavy atom. The van der Waals surface area contributed by atoms with Gasteiger partial charge >= 0.3 is 10.1 Å². The summed E-state index contributed by atoms with van der Waals surface area (Å²) in [6, 6.07) is 19.9. The van der Waals surface area contributed by atoms with Crippen LogP contribution in [0.25, 0.3) is 0 Å². The van der Waals surface area contributed by atoms with Gasteiger partial charge in [0.1, 0.15) is 10.6 Å². The molecule has 0 heterocycles. The second kappa shape index (κ2) is 7.84. The lowest BCUT2D eigenvalue weighted by molar-refractivity contribution is 0.486. The third-order valence-corrected chi connectivity index (χ3v) is 5.70. The van der Waals surface area contributed by atoms with Crippen molar-refractivity contribution in [3.8, 4) is 5.75 Å². The number of hydrogen-bond donors (Lipinski definition) is 1. The van der Waals surface area contributed by atoms with Gasteiger partial charge in [-0.25, -0.2) is 0 Å². The van der Waals surface area contributed by atoms with Gasteiger partial charge in [0.25, 0.3) is 0 Å². The van der Waals surface area contributed by atoms with Gasteiger partial charge in [-0.1, -0.05) is 35.9 Å². The van der Waals surface area contributed by atoms with Gasteiger partial charge in [0.05, 0.1) is 0 Å². The van der Waals surface area contributed by atoms with E-state index in [2.05, 4.69) is 31.3 Å². The molecule has 3 aromatic rings. The fraction of sp³-hybridized carbons (Fsp3) is 0.182. The summed E-state index contributed by atoms with van der Waals surface area (Å²) in [5.74, 6) is 0.297. The lowest BCUT2D eigenvalue weighted by Crippen LogP contribution is -2.09. The SMILES string of the molecule is Cc1ccc(S(=O)(=O)Oc2ccc(CNc3ccc(C)c(C)c3)cc2)cc1. The number of hydrogen-bond acceptors (Lipinski definition) is 4. The summed E-state index contributed by atoms with van der Waals surface area (Å²) in [7, 11) is -3.82. The van der Waals surface area contributed by atoms with Gasteiger partial charge in [-0.3, -0.25) is 0 Å². The Kier molecular flexibility index (Phi) is 5.51. The normalized spacial score (nSPS) is 11.2. The molecule has 0 aliphatic heterocycles. The predicted molar refractivity (Wildman–Crippen MR) is 109 cm³/mol. The summed E-state index contributed by atoms with van der Waals surface area (Å²) in [4.78, 5) is 0.147. The maximum atomic E-state index is 12.3. The maximum Gasteiger partial charge on any atom is 0.339 e. The molecule has 4 nitrogen and oxygen atoms in total. The molecular formula is C22H23NO3S. The molecule has 1 N–H and O–H groups in total. The van der Waals surface area contributed by atoms with E-state index < -0.39 is 10.1 Å². The van der Waals surface area contributed by atoms with Crippen molar-refractivity contribution in [2.45, 2.75) is 32.2 Å². The van der Waals surface area contributed by atoms with Crippen LogP contribution in [0.15, 0.2) is 71.6 Å². The molecule has 0 atom stereocenters. The fourth-order valence-electron chi connectivity index (χ4n) is 2.60. The number of nitrogens with one attached hydrogen (secondary N) is 1. The molecule has 0 aliphatic rings. The Hall–Kier alpha value is -2.79. The van der Waals surface area contributed by atoms with Crippen molar-refractivity contribution in [1.29, 1.82) is 0 Å². The highest BCUT2D eigenvalue weighted by molar-refractivity contribution is 7.87. The van der Waals surface area contributed by atoms with E-state index >= 15 is 0 Å². The van der Waals surface area contributed by atoms with E-state index in [-0.39, 0.29) is 4.90 Å². The molecule has 3 aromatic carbocycles. The Morgan fingerprint density at radius 3 is 2.11 bits per heavy atom. The summed E-state index contributed by atoms with van der Waals surface area (Å²) >= 11 is 0. The van der Waals surface area contributed by atoms with Crippen LogP contribution in [0, 0.1) is 20.8 Å². The molecule has 0 spiro atoms. The van der Waals surface area contributed by atoms with E-state index in [1.807, 2.05) is 25.1 Å². The third-order valence-electron chi connectivity index (χ3n) is 4.44. The number of benzene rings is 3. The van der Waals surface area contributed by atoms with E-state index in [9.17, 15) is 8.42 Å². The molecule has 0 aromatic heterocycles. The van der Waals surface area contributed by atoms with E-state index in [1.165, 1.54) is 11.1 Å². The average molecular weight is 381 g/mol. The second-order valence-corrected chi connectivity index (χ2v) is 8.19. The zero-order chi connectivity index (χ0) is 19.4. The molecule has 0 saturated carbocycles. The van der Waals surface area contributed by atoms with Gasteiger partial charge in [-0.15, -0.1) is 0 Å². The molecule has 0 fully saturated rings. The van der Waals surface area contributed by atoms with Crippen LogP contribution >= 0.6 is 0 Å². The van der Waals surface area contributed by atoms with E-state index in [1.54, 1.807) is 36.4 Å². The van der Waals surface area contributed by atoms with Crippen LogP contribution in [0.4, 0.5) is 5.69 Å². The zero-order valence-corrected chi connectivity index (χ0v) is 16.5. The molecule has 5 heteroatoms. The Labute approximate surface area is 161 Å². The van der Waals surface area contributed by atoms with E-state index in [0.717, 1.165) is 16.8 Å². The predicted octanol–water partition coefficient (Wildman–Crippen LogP) is 4.99. The first-order valence-electron chi connectivity index (χ1n) is 8.75. The first-order chi connectivity index (χ1) is 12.8. The lowest BCUT2D eigenvalue weighted by atomic mass is 10.1. The van der Waals surface area contributed by atoms with Crippen LogP contribution in [0.1, 0.15) is 22.3 Å². The van der Waals surface area contributed by atoms with Crippen LogP contribution in [-0.4, -0.2) is 8.42 Å². The molecule has 0 unspecified atom stereocenters. The summed E-state index contributed by atoms with van der Waals surface area (Å²) in [5, 5.41) is 3.37. The van der Waals surface area contributed by atoms with Gasteiger partial charge in [0.15, 0.2) is 0 Å². The maximum absolute atomic E-state index is 12.3. The minimum Gasteiger partial charge on any atom is -0.381 e. The van der Waals surface area contributed by atoms with Crippen molar-refractivity contribution in [1.82, 2.24) is 0 Å². The van der Waals surface area contributed by atoms with Crippen LogP contribution < -0.4 is 9.50 Å². The lowest BCUT2D eigenvalue weighted by Gasteiger charge is -2.10. The number of anilines is 1. The molecular weight excluding hydrogens is 358 g/mol. The quantitative estimate of drug-likeness (QED) is 0.611. The van der Waals surface area contributed by atoms with Gasteiger partial charge in [-0.2, -0.15) is 8.42 Å². The van der Waals surface area contributed by atoms with Crippen molar-refractivity contribution in [3.63, 3.8) is 0 Å². The average Bonchev–Trinajstić information content (AvgIpc) is 2.64. The van der Waals surface area contributed by atoms with E-state index in [4.69, 9.17) is 4.18 Å². The Balaban J connectivity index is 1.64. The van der Waals surface area contributed by atoms with Crippen molar-refractivity contribution in [2.24, 2.45) is 0 Å². The molecule has 27 heavy (non-hydrogen) atoms. The van der Waals surface area contributed by atoms with Crippen LogP contribution in [0.2, 0.25) is 0 Å². The molecule has 0 aliphatic carbocycles. The molecule has 0 amide bonds. The van der Waals surface area contributed by atoms with Crippen molar-refractivity contribution >= 4 is 15.8 Å². The Bertz CT molecular complexity index is 1020. The summed E-state index contributed by atoms with van der Waals surface area (Å²) < 4.78 is 29.9. The first-order valence-corrected chi connectivity index (χ1v) is 10.2. The monoisotopic (exact) mass is 381 g/mol. The smallest absolute Gasteiger partial charge is 0.339 e. The van der Waals surface area contributed by atoms with Crippen molar-refractivity contribution < 1.29 is 12.6 Å². The Morgan fingerprint density at radius 2 is 1.48 bits per heavy atom. The van der Waals surface area contributed by atoms with Crippen LogP contribution in [0.3, 0.4) is 0 Å². The minimum absolute atomic E-state index is 0.147. The molecule has 3 rings (SSSR count). The highest BCUT2D eigenvalue weighted by atomic mass is 32.2. The van der Waals surface area contributed by atoms with Gasteiger partial charge < -0.3 is 9.50 Å². The van der Waals surface area contributed by atoms with Crippen LogP contribution in [-0.2, 0) is 16.7 Å². The van der Waals surface area contributed by atoms with Crippen molar-refractivity contribution in [3.05, 3.63) is 89.0 Å². The largest absolute Gasteiger partial charge is 0.381 e. The summed E-state index contributed by atoms with van der Waals surface area (Å²) in [6.45, 7) is 6.72. The number of aryl methyl sites for hydroxylation is 3. The molecule has 0 radical (unpaired) electrons. The first kappa shape index (κ1) is 19.0. The van der Waals surface area contributed by atoms with Gasteiger partial charge in [0, 0.05) is 12.2 Å². The molecule has 140 valence electrons. The molecule has 0 bridgehead atoms. The minimum atomic E-state index is -3.82. The van der Waals surface area contributed by atoms with E-state index in [0.29, 0.717) is 12.3 Å². The highest BCUT2D eigenvalue weighted by Crippen LogP contribution is 2.20. The highest BCUT2D eigenvalue weighted by Gasteiger charge is 2.16. The standard InChI is InChI=1S/C22H23NO3S/c1-16-4-12-22(13-5-16)27(24,25)26-21-10-7-19(8-11-21)15-23-20-9-6-17(2)18(3)14-20/h4-14,23H,15H2,1-3H3.